The molecule has 2 rings (SSSR count). The highest BCUT2D eigenvalue weighted by Crippen LogP contribution is 2.33. The van der Waals surface area contributed by atoms with Gasteiger partial charge in [0.25, 0.3) is 0 Å². The van der Waals surface area contributed by atoms with Gasteiger partial charge in [0.2, 0.25) is 5.82 Å². The molecular weight excluding hydrogens is 351 g/mol. The Labute approximate surface area is 148 Å². The van der Waals surface area contributed by atoms with Crippen LogP contribution in [0.3, 0.4) is 0 Å². The number of benzene rings is 1. The lowest BCUT2D eigenvalue weighted by Gasteiger charge is -2.20. The Kier molecular flexibility index (Phi) is 5.43. The van der Waals surface area contributed by atoms with Gasteiger partial charge in [0.1, 0.15) is 5.60 Å². The SMILES string of the molecule is Cc1nnc(-c2ccc(C(F)(F)F)c(CNC(=O)OC(C)(C)C)c2)nn1. The summed E-state index contributed by atoms with van der Waals surface area (Å²) in [6, 6.07) is 3.38. The van der Waals surface area contributed by atoms with Crippen LogP contribution in [0.5, 0.6) is 0 Å². The van der Waals surface area contributed by atoms with Crippen LogP contribution in [-0.2, 0) is 17.5 Å². The van der Waals surface area contributed by atoms with Crippen molar-refractivity contribution in [2.75, 3.05) is 0 Å². The number of rotatable bonds is 3. The summed E-state index contributed by atoms with van der Waals surface area (Å²) in [5.41, 5.74) is -1.47. The number of carbonyl (C=O) groups is 1. The molecule has 0 spiro atoms. The lowest BCUT2D eigenvalue weighted by Crippen LogP contribution is -2.32. The van der Waals surface area contributed by atoms with Crippen molar-refractivity contribution in [3.63, 3.8) is 0 Å². The van der Waals surface area contributed by atoms with Gasteiger partial charge < -0.3 is 10.1 Å². The maximum Gasteiger partial charge on any atom is 0.416 e. The van der Waals surface area contributed by atoms with Gasteiger partial charge in [-0.2, -0.15) is 13.2 Å². The smallest absolute Gasteiger partial charge is 0.416 e. The molecule has 1 heterocycles. The third-order valence-corrected chi connectivity index (χ3v) is 3.07. The average Bonchev–Trinajstić information content (AvgIpc) is 2.51. The number of aryl methyl sites for hydroxylation is 1. The Morgan fingerprint density at radius 2 is 1.73 bits per heavy atom. The van der Waals surface area contributed by atoms with Crippen molar-refractivity contribution >= 4 is 6.09 Å². The number of halogens is 3. The maximum atomic E-state index is 13.2. The minimum absolute atomic E-state index is 0.0860. The summed E-state index contributed by atoms with van der Waals surface area (Å²) in [6.45, 7) is 6.19. The Balaban J connectivity index is 2.30. The largest absolute Gasteiger partial charge is 0.444 e. The number of nitrogens with one attached hydrogen (secondary N) is 1. The molecule has 1 N–H and O–H groups in total. The lowest BCUT2D eigenvalue weighted by atomic mass is 10.0. The van der Waals surface area contributed by atoms with Crippen molar-refractivity contribution in [3.05, 3.63) is 35.2 Å². The van der Waals surface area contributed by atoms with Crippen molar-refractivity contribution in [1.82, 2.24) is 25.7 Å². The van der Waals surface area contributed by atoms with Crippen molar-refractivity contribution in [3.8, 4) is 11.4 Å². The van der Waals surface area contributed by atoms with Crippen molar-refractivity contribution in [2.24, 2.45) is 0 Å². The highest BCUT2D eigenvalue weighted by molar-refractivity contribution is 5.68. The van der Waals surface area contributed by atoms with Gasteiger partial charge in [0, 0.05) is 12.1 Å². The van der Waals surface area contributed by atoms with E-state index in [-0.39, 0.29) is 17.9 Å². The number of carbonyl (C=O) groups excluding carboxylic acids is 1. The number of hydrogen-bond acceptors (Lipinski definition) is 6. The summed E-state index contributed by atoms with van der Waals surface area (Å²) in [6.07, 6.45) is -5.39. The predicted molar refractivity (Wildman–Crippen MR) is 85.9 cm³/mol. The number of alkyl halides is 3. The summed E-state index contributed by atoms with van der Waals surface area (Å²) >= 11 is 0. The molecule has 1 aromatic carbocycles. The Bertz CT molecular complexity index is 786. The molecule has 0 aliphatic carbocycles. The van der Waals surface area contributed by atoms with Gasteiger partial charge in [-0.25, -0.2) is 4.79 Å². The van der Waals surface area contributed by atoms with E-state index in [9.17, 15) is 18.0 Å². The molecule has 0 atom stereocenters. The fraction of sp³-hybridized carbons (Fsp3) is 0.438. The van der Waals surface area contributed by atoms with E-state index in [0.29, 0.717) is 11.4 Å². The molecule has 7 nitrogen and oxygen atoms in total. The van der Waals surface area contributed by atoms with Gasteiger partial charge in [0.15, 0.2) is 5.82 Å². The molecule has 0 aliphatic rings. The second-order valence-electron chi connectivity index (χ2n) is 6.50. The third kappa shape index (κ3) is 5.36. The summed E-state index contributed by atoms with van der Waals surface area (Å²) in [5.74, 6) is 0.426. The van der Waals surface area contributed by atoms with Crippen LogP contribution in [0.4, 0.5) is 18.0 Å². The summed E-state index contributed by atoms with van der Waals surface area (Å²) in [5, 5.41) is 17.4. The number of amides is 1. The molecule has 1 aromatic heterocycles. The van der Waals surface area contributed by atoms with Gasteiger partial charge >= 0.3 is 12.3 Å². The lowest BCUT2D eigenvalue weighted by molar-refractivity contribution is -0.138. The molecule has 10 heteroatoms. The van der Waals surface area contributed by atoms with E-state index in [2.05, 4.69) is 25.7 Å². The van der Waals surface area contributed by atoms with E-state index in [1.54, 1.807) is 27.7 Å². The number of aromatic nitrogens is 4. The number of alkyl carbamates (subject to hydrolysis) is 1. The second-order valence-corrected chi connectivity index (χ2v) is 6.50. The first-order valence-corrected chi connectivity index (χ1v) is 7.67. The Hall–Kier alpha value is -2.78. The minimum Gasteiger partial charge on any atom is -0.444 e. The van der Waals surface area contributed by atoms with Crippen LogP contribution in [0.25, 0.3) is 11.4 Å². The molecule has 0 bridgehead atoms. The van der Waals surface area contributed by atoms with E-state index >= 15 is 0 Å². The first-order chi connectivity index (χ1) is 12.0. The van der Waals surface area contributed by atoms with Gasteiger partial charge in [-0.15, -0.1) is 20.4 Å². The summed E-state index contributed by atoms with van der Waals surface area (Å²) in [7, 11) is 0. The topological polar surface area (TPSA) is 89.9 Å². The summed E-state index contributed by atoms with van der Waals surface area (Å²) < 4.78 is 44.7. The van der Waals surface area contributed by atoms with Crippen molar-refractivity contribution < 1.29 is 22.7 Å². The van der Waals surface area contributed by atoms with Crippen LogP contribution in [0.2, 0.25) is 0 Å². The Morgan fingerprint density at radius 1 is 1.12 bits per heavy atom. The molecule has 0 saturated carbocycles. The summed E-state index contributed by atoms with van der Waals surface area (Å²) in [4.78, 5) is 11.7. The van der Waals surface area contributed by atoms with Crippen molar-refractivity contribution in [1.29, 1.82) is 0 Å². The average molecular weight is 369 g/mol. The molecule has 140 valence electrons. The zero-order valence-electron chi connectivity index (χ0n) is 14.7. The third-order valence-electron chi connectivity index (χ3n) is 3.07. The zero-order valence-corrected chi connectivity index (χ0v) is 14.7. The van der Waals surface area contributed by atoms with Gasteiger partial charge in [-0.1, -0.05) is 6.07 Å². The quantitative estimate of drug-likeness (QED) is 0.893. The van der Waals surface area contributed by atoms with Crippen LogP contribution >= 0.6 is 0 Å². The monoisotopic (exact) mass is 369 g/mol. The molecule has 1 amide bonds. The highest BCUT2D eigenvalue weighted by Gasteiger charge is 2.33. The van der Waals surface area contributed by atoms with Gasteiger partial charge in [-0.05, 0) is 45.4 Å². The maximum absolute atomic E-state index is 13.2. The standard InChI is InChI=1S/C16H18F3N5O2/c1-9-21-23-13(24-22-9)10-5-6-12(16(17,18)19)11(7-10)8-20-14(25)26-15(2,3)4/h5-7H,8H2,1-4H3,(H,20,25). The number of hydrogen-bond donors (Lipinski definition) is 1. The fourth-order valence-electron chi connectivity index (χ4n) is 2.03. The first-order valence-electron chi connectivity index (χ1n) is 7.67. The van der Waals surface area contributed by atoms with Crippen LogP contribution in [0.15, 0.2) is 18.2 Å². The number of ether oxygens (including phenoxy) is 1. The molecule has 0 aliphatic heterocycles. The van der Waals surface area contributed by atoms with E-state index in [0.717, 1.165) is 6.07 Å². The van der Waals surface area contributed by atoms with E-state index < -0.39 is 23.4 Å². The van der Waals surface area contributed by atoms with E-state index in [4.69, 9.17) is 4.74 Å². The minimum atomic E-state index is -4.58. The fourth-order valence-corrected chi connectivity index (χ4v) is 2.03. The van der Waals surface area contributed by atoms with Crippen LogP contribution in [0.1, 0.15) is 37.7 Å². The van der Waals surface area contributed by atoms with Crippen LogP contribution in [0, 0.1) is 6.92 Å². The molecule has 0 fully saturated rings. The van der Waals surface area contributed by atoms with Crippen LogP contribution < -0.4 is 5.32 Å². The molecule has 2 aromatic rings. The molecule has 0 saturated heterocycles. The predicted octanol–water partition coefficient (Wildman–Crippen LogP) is 3.29. The van der Waals surface area contributed by atoms with Crippen molar-refractivity contribution in [2.45, 2.75) is 46.0 Å². The molecular formula is C16H18F3N5O2. The normalized spacial score (nSPS) is 12.0. The van der Waals surface area contributed by atoms with E-state index in [1.165, 1.54) is 12.1 Å². The van der Waals surface area contributed by atoms with Crippen LogP contribution in [-0.4, -0.2) is 32.1 Å². The Morgan fingerprint density at radius 3 is 2.27 bits per heavy atom. The first kappa shape index (κ1) is 19.5. The highest BCUT2D eigenvalue weighted by atomic mass is 19.4. The van der Waals surface area contributed by atoms with Gasteiger partial charge in [-0.3, -0.25) is 0 Å². The number of nitrogens with zero attached hydrogens (tertiary/aromatic N) is 4. The molecule has 0 unspecified atom stereocenters. The molecule has 26 heavy (non-hydrogen) atoms. The molecule has 0 radical (unpaired) electrons. The van der Waals surface area contributed by atoms with E-state index in [1.807, 2.05) is 0 Å². The second kappa shape index (κ2) is 7.22. The zero-order chi connectivity index (χ0) is 19.5. The van der Waals surface area contributed by atoms with Gasteiger partial charge in [0.05, 0.1) is 5.56 Å².